The fourth-order valence-electron chi connectivity index (χ4n) is 2.97. The van der Waals surface area contributed by atoms with Crippen LogP contribution in [0.2, 0.25) is 0 Å². The Balaban J connectivity index is 1.80. The molecule has 0 saturated carbocycles. The molecule has 6 nitrogen and oxygen atoms in total. The molecule has 22 heavy (non-hydrogen) atoms. The molecule has 6 heteroatoms. The number of rotatable bonds is 3. The molecule has 1 aliphatic heterocycles. The third-order valence-corrected chi connectivity index (χ3v) is 4.08. The Kier molecular flexibility index (Phi) is 3.70. The molecule has 1 N–H and O–H groups in total. The molecule has 1 aromatic carbocycles. The van der Waals surface area contributed by atoms with Gasteiger partial charge in [-0.25, -0.2) is 0 Å². The minimum atomic E-state index is -0.892. The van der Waals surface area contributed by atoms with Crippen LogP contribution in [0, 0.1) is 0 Å². The van der Waals surface area contributed by atoms with Gasteiger partial charge in [-0.2, -0.15) is 4.98 Å². The van der Waals surface area contributed by atoms with Gasteiger partial charge in [0.25, 0.3) is 5.91 Å². The molecule has 0 aliphatic carbocycles. The van der Waals surface area contributed by atoms with Crippen LogP contribution >= 0.6 is 0 Å². The second-order valence-electron chi connectivity index (χ2n) is 6.14. The zero-order chi connectivity index (χ0) is 15.7. The molecule has 2 heterocycles. The van der Waals surface area contributed by atoms with E-state index in [-0.39, 0.29) is 11.9 Å². The van der Waals surface area contributed by atoms with E-state index < -0.39 is 5.60 Å². The molecular weight excluding hydrogens is 282 g/mol. The Hall–Kier alpha value is -2.21. The van der Waals surface area contributed by atoms with E-state index in [1.165, 1.54) is 6.39 Å². The predicted molar refractivity (Wildman–Crippen MR) is 80.1 cm³/mol. The van der Waals surface area contributed by atoms with Crippen molar-refractivity contribution in [3.63, 3.8) is 0 Å². The van der Waals surface area contributed by atoms with Gasteiger partial charge < -0.3 is 14.5 Å². The van der Waals surface area contributed by atoms with Crippen molar-refractivity contribution in [1.82, 2.24) is 15.0 Å². The average Bonchev–Trinajstić information content (AvgIpc) is 3.17. The van der Waals surface area contributed by atoms with Crippen LogP contribution in [-0.2, 0) is 0 Å². The lowest BCUT2D eigenvalue weighted by molar-refractivity contribution is 0.000337. The van der Waals surface area contributed by atoms with Crippen molar-refractivity contribution in [1.29, 1.82) is 0 Å². The normalized spacial score (nSPS) is 18.7. The van der Waals surface area contributed by atoms with Crippen LogP contribution in [0.1, 0.15) is 37.0 Å². The molecule has 116 valence electrons. The van der Waals surface area contributed by atoms with Crippen LogP contribution in [-0.4, -0.2) is 44.2 Å². The van der Waals surface area contributed by atoms with Crippen molar-refractivity contribution in [2.45, 2.75) is 38.3 Å². The van der Waals surface area contributed by atoms with Crippen LogP contribution in [0.25, 0.3) is 11.4 Å². The summed E-state index contributed by atoms with van der Waals surface area (Å²) in [5.41, 5.74) is 0.505. The summed E-state index contributed by atoms with van der Waals surface area (Å²) in [5, 5.41) is 14.0. The summed E-state index contributed by atoms with van der Waals surface area (Å²) in [6.45, 7) is 4.19. The van der Waals surface area contributed by atoms with Crippen molar-refractivity contribution >= 4 is 5.91 Å². The minimum absolute atomic E-state index is 0.0516. The quantitative estimate of drug-likeness (QED) is 0.939. The van der Waals surface area contributed by atoms with Gasteiger partial charge in [0.05, 0.1) is 11.6 Å². The first-order valence-corrected chi connectivity index (χ1v) is 7.37. The molecule has 1 amide bonds. The van der Waals surface area contributed by atoms with E-state index in [1.807, 2.05) is 0 Å². The number of amides is 1. The monoisotopic (exact) mass is 301 g/mol. The van der Waals surface area contributed by atoms with E-state index in [2.05, 4.69) is 10.1 Å². The molecule has 1 aromatic heterocycles. The van der Waals surface area contributed by atoms with Crippen molar-refractivity contribution < 1.29 is 14.4 Å². The first-order chi connectivity index (χ1) is 10.5. The number of carbonyl (C=O) groups excluding carboxylic acids is 1. The molecule has 0 spiro atoms. The number of hydrogen-bond acceptors (Lipinski definition) is 5. The average molecular weight is 301 g/mol. The van der Waals surface area contributed by atoms with Gasteiger partial charge >= 0.3 is 0 Å². The van der Waals surface area contributed by atoms with Gasteiger partial charge in [-0.05, 0) is 38.8 Å². The molecule has 0 bridgehead atoms. The van der Waals surface area contributed by atoms with Gasteiger partial charge in [-0.3, -0.25) is 4.79 Å². The van der Waals surface area contributed by atoms with Crippen molar-refractivity contribution in [2.75, 3.05) is 6.54 Å². The van der Waals surface area contributed by atoms with Crippen molar-refractivity contribution in [3.05, 3.63) is 36.2 Å². The summed E-state index contributed by atoms with van der Waals surface area (Å²) in [4.78, 5) is 18.4. The number of nitrogens with zero attached hydrogens (tertiary/aromatic N) is 3. The molecule has 0 unspecified atom stereocenters. The van der Waals surface area contributed by atoms with Crippen LogP contribution in [0.3, 0.4) is 0 Å². The van der Waals surface area contributed by atoms with Crippen LogP contribution in [0.15, 0.2) is 35.2 Å². The Bertz CT molecular complexity index is 644. The lowest BCUT2D eigenvalue weighted by Gasteiger charge is -2.33. The number of likely N-dealkylation sites (tertiary alicyclic amines) is 1. The van der Waals surface area contributed by atoms with Gasteiger partial charge in [0, 0.05) is 17.7 Å². The van der Waals surface area contributed by atoms with Gasteiger partial charge in [-0.1, -0.05) is 17.3 Å². The molecule has 3 rings (SSSR count). The lowest BCUT2D eigenvalue weighted by Crippen LogP contribution is -2.48. The maximum Gasteiger partial charge on any atom is 0.254 e. The molecule has 0 radical (unpaired) electrons. The van der Waals surface area contributed by atoms with E-state index in [9.17, 15) is 9.90 Å². The topological polar surface area (TPSA) is 79.5 Å². The first-order valence-electron chi connectivity index (χ1n) is 7.37. The lowest BCUT2D eigenvalue weighted by atomic mass is 9.96. The van der Waals surface area contributed by atoms with Crippen LogP contribution < -0.4 is 0 Å². The summed E-state index contributed by atoms with van der Waals surface area (Å²) in [6.07, 6.45) is 3.02. The number of hydrogen-bond donors (Lipinski definition) is 1. The molecule has 1 fully saturated rings. The number of carbonyl (C=O) groups is 1. The van der Waals surface area contributed by atoms with E-state index >= 15 is 0 Å². The Morgan fingerprint density at radius 3 is 2.68 bits per heavy atom. The molecule has 1 saturated heterocycles. The van der Waals surface area contributed by atoms with E-state index in [1.54, 1.807) is 43.0 Å². The smallest absolute Gasteiger partial charge is 0.254 e. The third-order valence-electron chi connectivity index (χ3n) is 4.08. The second kappa shape index (κ2) is 5.53. The molecule has 1 aliphatic rings. The number of aromatic nitrogens is 2. The Morgan fingerprint density at radius 1 is 1.36 bits per heavy atom. The predicted octanol–water partition coefficient (Wildman–Crippen LogP) is 2.11. The highest BCUT2D eigenvalue weighted by atomic mass is 16.5. The van der Waals surface area contributed by atoms with Crippen molar-refractivity contribution in [2.24, 2.45) is 0 Å². The molecule has 2 aromatic rings. The maximum absolute atomic E-state index is 12.7. The largest absolute Gasteiger partial charge is 0.388 e. The van der Waals surface area contributed by atoms with Crippen LogP contribution in [0.4, 0.5) is 0 Å². The molecular formula is C16H19N3O3. The highest BCUT2D eigenvalue weighted by Crippen LogP contribution is 2.28. The summed E-state index contributed by atoms with van der Waals surface area (Å²) < 4.78 is 4.72. The maximum atomic E-state index is 12.7. The second-order valence-corrected chi connectivity index (χ2v) is 6.14. The van der Waals surface area contributed by atoms with Gasteiger partial charge in [0.2, 0.25) is 12.2 Å². The molecule has 1 atom stereocenters. The van der Waals surface area contributed by atoms with E-state index in [0.29, 0.717) is 17.9 Å². The van der Waals surface area contributed by atoms with Crippen molar-refractivity contribution in [3.8, 4) is 11.4 Å². The van der Waals surface area contributed by atoms with Gasteiger partial charge in [0.15, 0.2) is 0 Å². The highest BCUT2D eigenvalue weighted by Gasteiger charge is 2.38. The standard InChI is InChI=1S/C16H19N3O3/c1-16(2,21)13-4-3-9-19(13)15(20)12-7-5-11(6-8-12)14-17-10-22-18-14/h5-8,10,13,21H,3-4,9H2,1-2H3/t13-/m1/s1. The van der Waals surface area contributed by atoms with Gasteiger partial charge in [0.1, 0.15) is 0 Å². The minimum Gasteiger partial charge on any atom is -0.388 e. The van der Waals surface area contributed by atoms with Crippen LogP contribution in [0.5, 0.6) is 0 Å². The SMILES string of the molecule is CC(C)(O)[C@H]1CCCN1C(=O)c1ccc(-c2ncon2)cc1. The van der Waals surface area contributed by atoms with E-state index in [4.69, 9.17) is 4.52 Å². The summed E-state index contributed by atoms with van der Waals surface area (Å²) in [5.74, 6) is 0.443. The fourth-order valence-corrected chi connectivity index (χ4v) is 2.97. The summed E-state index contributed by atoms with van der Waals surface area (Å²) in [6, 6.07) is 6.97. The Morgan fingerprint density at radius 2 is 2.09 bits per heavy atom. The zero-order valence-electron chi connectivity index (χ0n) is 12.7. The van der Waals surface area contributed by atoms with E-state index in [0.717, 1.165) is 18.4 Å². The summed E-state index contributed by atoms with van der Waals surface area (Å²) >= 11 is 0. The third kappa shape index (κ3) is 2.74. The number of aliphatic hydroxyl groups is 1. The summed E-state index contributed by atoms with van der Waals surface area (Å²) in [7, 11) is 0. The highest BCUT2D eigenvalue weighted by molar-refractivity contribution is 5.95. The zero-order valence-corrected chi connectivity index (χ0v) is 12.7. The van der Waals surface area contributed by atoms with Gasteiger partial charge in [-0.15, -0.1) is 0 Å². The number of benzene rings is 1. The first kappa shape index (κ1) is 14.7. The fraction of sp³-hybridized carbons (Fsp3) is 0.438. The Labute approximate surface area is 128 Å².